The summed E-state index contributed by atoms with van der Waals surface area (Å²) in [5.41, 5.74) is 1.11. The fourth-order valence-electron chi connectivity index (χ4n) is 1.16. The SMILES string of the molecule is Cc1cc(C(=O)NCC(O)C(=O)O)ccc1Cl. The van der Waals surface area contributed by atoms with E-state index < -0.39 is 18.0 Å². The van der Waals surface area contributed by atoms with Crippen LogP contribution in [0, 0.1) is 6.92 Å². The monoisotopic (exact) mass is 257 g/mol. The van der Waals surface area contributed by atoms with Crippen LogP contribution in [0.1, 0.15) is 15.9 Å². The largest absolute Gasteiger partial charge is 0.479 e. The highest BCUT2D eigenvalue weighted by molar-refractivity contribution is 6.31. The van der Waals surface area contributed by atoms with Gasteiger partial charge in [0, 0.05) is 10.6 Å². The lowest BCUT2D eigenvalue weighted by molar-refractivity contribution is -0.146. The normalized spacial score (nSPS) is 11.9. The topological polar surface area (TPSA) is 86.6 Å². The van der Waals surface area contributed by atoms with Gasteiger partial charge in [0.1, 0.15) is 0 Å². The number of amides is 1. The molecule has 0 fully saturated rings. The molecule has 0 heterocycles. The van der Waals surface area contributed by atoms with Gasteiger partial charge in [-0.2, -0.15) is 0 Å². The van der Waals surface area contributed by atoms with E-state index in [-0.39, 0.29) is 6.54 Å². The van der Waals surface area contributed by atoms with Crippen LogP contribution in [0.15, 0.2) is 18.2 Å². The Morgan fingerprint density at radius 2 is 2.12 bits per heavy atom. The summed E-state index contributed by atoms with van der Waals surface area (Å²) >= 11 is 5.80. The molecule has 0 radical (unpaired) electrons. The first-order valence-corrected chi connectivity index (χ1v) is 5.25. The highest BCUT2D eigenvalue weighted by Crippen LogP contribution is 2.16. The zero-order chi connectivity index (χ0) is 13.0. The Labute approximate surface area is 103 Å². The number of hydrogen-bond acceptors (Lipinski definition) is 3. The van der Waals surface area contributed by atoms with Crippen LogP contribution in [0.2, 0.25) is 5.02 Å². The number of aliphatic hydroxyl groups is 1. The van der Waals surface area contributed by atoms with Crippen LogP contribution in [0.3, 0.4) is 0 Å². The molecule has 0 aromatic heterocycles. The van der Waals surface area contributed by atoms with Crippen molar-refractivity contribution in [1.29, 1.82) is 0 Å². The Kier molecular flexibility index (Phi) is 4.48. The van der Waals surface area contributed by atoms with Crippen LogP contribution < -0.4 is 5.32 Å². The van der Waals surface area contributed by atoms with Crippen LogP contribution in [0.5, 0.6) is 0 Å². The molecule has 0 aliphatic heterocycles. The van der Waals surface area contributed by atoms with Crippen LogP contribution >= 0.6 is 11.6 Å². The van der Waals surface area contributed by atoms with Crippen molar-refractivity contribution in [1.82, 2.24) is 5.32 Å². The number of carboxylic acid groups (broad SMARTS) is 1. The molecule has 1 rings (SSSR count). The fourth-order valence-corrected chi connectivity index (χ4v) is 1.28. The van der Waals surface area contributed by atoms with Gasteiger partial charge in [0.2, 0.25) is 0 Å². The Morgan fingerprint density at radius 1 is 1.47 bits per heavy atom. The predicted molar refractivity (Wildman–Crippen MR) is 62.2 cm³/mol. The maximum Gasteiger partial charge on any atom is 0.334 e. The van der Waals surface area contributed by atoms with Crippen molar-refractivity contribution in [2.24, 2.45) is 0 Å². The van der Waals surface area contributed by atoms with Gasteiger partial charge in [0.25, 0.3) is 5.91 Å². The molecule has 0 saturated carbocycles. The van der Waals surface area contributed by atoms with Gasteiger partial charge < -0.3 is 15.5 Å². The molecule has 0 aliphatic carbocycles. The minimum atomic E-state index is -1.60. The molecule has 17 heavy (non-hydrogen) atoms. The summed E-state index contributed by atoms with van der Waals surface area (Å²) in [7, 11) is 0. The zero-order valence-corrected chi connectivity index (χ0v) is 9.86. The Balaban J connectivity index is 2.64. The number of carbonyl (C=O) groups excluding carboxylic acids is 1. The lowest BCUT2D eigenvalue weighted by Gasteiger charge is -2.08. The quantitative estimate of drug-likeness (QED) is 0.745. The highest BCUT2D eigenvalue weighted by Gasteiger charge is 2.15. The van der Waals surface area contributed by atoms with Crippen molar-refractivity contribution in [3.63, 3.8) is 0 Å². The van der Waals surface area contributed by atoms with Gasteiger partial charge >= 0.3 is 5.97 Å². The molecular formula is C11H12ClNO4. The third kappa shape index (κ3) is 3.72. The van der Waals surface area contributed by atoms with Crippen molar-refractivity contribution in [2.75, 3.05) is 6.54 Å². The molecule has 1 amide bonds. The van der Waals surface area contributed by atoms with E-state index in [4.69, 9.17) is 21.8 Å². The average molecular weight is 258 g/mol. The van der Waals surface area contributed by atoms with E-state index in [2.05, 4.69) is 5.32 Å². The van der Waals surface area contributed by atoms with E-state index in [0.29, 0.717) is 10.6 Å². The van der Waals surface area contributed by atoms with Crippen molar-refractivity contribution < 1.29 is 19.8 Å². The van der Waals surface area contributed by atoms with Crippen molar-refractivity contribution in [3.8, 4) is 0 Å². The number of nitrogens with one attached hydrogen (secondary N) is 1. The number of aliphatic carboxylic acids is 1. The minimum absolute atomic E-state index is 0.337. The van der Waals surface area contributed by atoms with Crippen molar-refractivity contribution in [2.45, 2.75) is 13.0 Å². The van der Waals surface area contributed by atoms with Crippen LogP contribution in [-0.4, -0.2) is 34.7 Å². The number of hydrogen-bond donors (Lipinski definition) is 3. The third-order valence-electron chi connectivity index (χ3n) is 2.16. The smallest absolute Gasteiger partial charge is 0.334 e. The Bertz CT molecular complexity index is 447. The summed E-state index contributed by atoms with van der Waals surface area (Å²) in [4.78, 5) is 21.9. The molecule has 1 aromatic rings. The standard InChI is InChI=1S/C11H12ClNO4/c1-6-4-7(2-3-8(6)12)10(15)13-5-9(14)11(16)17/h2-4,9,14H,5H2,1H3,(H,13,15)(H,16,17). The lowest BCUT2D eigenvalue weighted by Crippen LogP contribution is -2.36. The van der Waals surface area contributed by atoms with E-state index in [1.807, 2.05) is 0 Å². The average Bonchev–Trinajstić information content (AvgIpc) is 2.28. The van der Waals surface area contributed by atoms with Crippen molar-refractivity contribution >= 4 is 23.5 Å². The van der Waals surface area contributed by atoms with Gasteiger partial charge in [0.15, 0.2) is 6.10 Å². The van der Waals surface area contributed by atoms with Crippen LogP contribution in [0.25, 0.3) is 0 Å². The molecular weight excluding hydrogens is 246 g/mol. The molecule has 0 saturated heterocycles. The third-order valence-corrected chi connectivity index (χ3v) is 2.59. The summed E-state index contributed by atoms with van der Waals surface area (Å²) in [5, 5.41) is 20.3. The van der Waals surface area contributed by atoms with Gasteiger partial charge in [-0.1, -0.05) is 11.6 Å². The van der Waals surface area contributed by atoms with Crippen molar-refractivity contribution in [3.05, 3.63) is 34.3 Å². The molecule has 92 valence electrons. The first-order chi connectivity index (χ1) is 7.91. The molecule has 0 spiro atoms. The van der Waals surface area contributed by atoms with Crippen LogP contribution in [-0.2, 0) is 4.79 Å². The summed E-state index contributed by atoms with van der Waals surface area (Å²) < 4.78 is 0. The van der Waals surface area contributed by atoms with E-state index in [1.165, 1.54) is 6.07 Å². The molecule has 1 unspecified atom stereocenters. The molecule has 1 aromatic carbocycles. The van der Waals surface area contributed by atoms with E-state index in [1.54, 1.807) is 19.1 Å². The molecule has 1 atom stereocenters. The zero-order valence-electron chi connectivity index (χ0n) is 9.11. The first kappa shape index (κ1) is 13.5. The Morgan fingerprint density at radius 3 is 2.65 bits per heavy atom. The van der Waals surface area contributed by atoms with Gasteiger partial charge in [0.05, 0.1) is 6.54 Å². The second kappa shape index (κ2) is 5.65. The second-order valence-corrected chi connectivity index (χ2v) is 3.94. The lowest BCUT2D eigenvalue weighted by atomic mass is 10.1. The second-order valence-electron chi connectivity index (χ2n) is 3.53. The summed E-state index contributed by atoms with van der Waals surface area (Å²) in [5.74, 6) is -1.83. The number of aliphatic hydroxyl groups excluding tert-OH is 1. The summed E-state index contributed by atoms with van der Waals surface area (Å²) in [6, 6.07) is 4.70. The summed E-state index contributed by atoms with van der Waals surface area (Å²) in [6.07, 6.45) is -1.60. The predicted octanol–water partition coefficient (Wildman–Crippen LogP) is 0.824. The van der Waals surface area contributed by atoms with Gasteiger partial charge in [-0.25, -0.2) is 4.79 Å². The van der Waals surface area contributed by atoms with E-state index >= 15 is 0 Å². The molecule has 3 N–H and O–H groups in total. The number of benzene rings is 1. The number of halogens is 1. The minimum Gasteiger partial charge on any atom is -0.479 e. The van der Waals surface area contributed by atoms with Gasteiger partial charge in [-0.05, 0) is 30.7 Å². The fraction of sp³-hybridized carbons (Fsp3) is 0.273. The summed E-state index contributed by atoms with van der Waals surface area (Å²) in [6.45, 7) is 1.42. The number of carboxylic acids is 1. The van der Waals surface area contributed by atoms with Gasteiger partial charge in [-0.15, -0.1) is 0 Å². The van der Waals surface area contributed by atoms with Gasteiger partial charge in [-0.3, -0.25) is 4.79 Å². The Hall–Kier alpha value is -1.59. The van der Waals surface area contributed by atoms with Crippen LogP contribution in [0.4, 0.5) is 0 Å². The molecule has 0 bridgehead atoms. The maximum atomic E-state index is 11.6. The number of rotatable bonds is 4. The maximum absolute atomic E-state index is 11.6. The van der Waals surface area contributed by atoms with E-state index in [9.17, 15) is 9.59 Å². The number of aryl methyl sites for hydroxylation is 1. The highest BCUT2D eigenvalue weighted by atomic mass is 35.5. The molecule has 6 heteroatoms. The van der Waals surface area contributed by atoms with E-state index in [0.717, 1.165) is 5.56 Å². The number of carbonyl (C=O) groups is 2. The first-order valence-electron chi connectivity index (χ1n) is 4.87. The molecule has 5 nitrogen and oxygen atoms in total. The molecule has 0 aliphatic rings.